The van der Waals surface area contributed by atoms with E-state index >= 15 is 0 Å². The van der Waals surface area contributed by atoms with E-state index in [1.54, 1.807) is 24.3 Å². The number of hydrogen-bond acceptors (Lipinski definition) is 6. The second-order valence-electron chi connectivity index (χ2n) is 4.87. The lowest BCUT2D eigenvalue weighted by Gasteiger charge is -2.03. The first-order valence-corrected chi connectivity index (χ1v) is 7.85. The molecule has 1 amide bonds. The number of rotatable bonds is 6. The van der Waals surface area contributed by atoms with Crippen LogP contribution in [0.25, 0.3) is 0 Å². The molecule has 0 saturated heterocycles. The zero-order valence-corrected chi connectivity index (χ0v) is 13.7. The third kappa shape index (κ3) is 4.76. The average Bonchev–Trinajstić information content (AvgIpc) is 3.06. The summed E-state index contributed by atoms with van der Waals surface area (Å²) in [5.41, 5.74) is 0.566. The molecular formula is C17H14N2O4S. The number of hydrogen-bond donors (Lipinski definition) is 1. The molecule has 1 aromatic carbocycles. The summed E-state index contributed by atoms with van der Waals surface area (Å²) in [4.78, 5) is 36.1. The van der Waals surface area contributed by atoms with Crippen molar-refractivity contribution in [1.82, 2.24) is 5.32 Å². The fourth-order valence-corrected chi connectivity index (χ4v) is 2.71. The molecule has 2 rings (SSSR count). The molecule has 0 atom stereocenters. The van der Waals surface area contributed by atoms with Crippen molar-refractivity contribution in [3.63, 3.8) is 0 Å². The van der Waals surface area contributed by atoms with Crippen molar-refractivity contribution in [1.29, 1.82) is 5.26 Å². The molecule has 0 aliphatic rings. The lowest BCUT2D eigenvalue weighted by molar-refractivity contribution is -0.119. The second kappa shape index (κ2) is 8.04. The summed E-state index contributed by atoms with van der Waals surface area (Å²) in [6.07, 6.45) is 0. The van der Waals surface area contributed by atoms with Crippen molar-refractivity contribution >= 4 is 29.0 Å². The van der Waals surface area contributed by atoms with Crippen molar-refractivity contribution in [2.24, 2.45) is 0 Å². The minimum atomic E-state index is -0.657. The molecule has 0 bridgehead atoms. The molecule has 1 N–H and O–H groups in total. The van der Waals surface area contributed by atoms with E-state index in [0.717, 1.165) is 4.88 Å². The Balaban J connectivity index is 1.91. The molecule has 0 unspecified atom stereocenters. The van der Waals surface area contributed by atoms with Crippen LogP contribution in [0, 0.1) is 11.3 Å². The summed E-state index contributed by atoms with van der Waals surface area (Å²) in [6, 6.07) is 11.4. The Morgan fingerprint density at radius 3 is 2.75 bits per heavy atom. The first-order chi connectivity index (χ1) is 11.5. The monoisotopic (exact) mass is 342 g/mol. The van der Waals surface area contributed by atoms with E-state index < -0.39 is 5.97 Å². The van der Waals surface area contributed by atoms with Crippen molar-refractivity contribution in [2.75, 3.05) is 6.61 Å². The van der Waals surface area contributed by atoms with Crippen LogP contribution in [0.1, 0.15) is 37.4 Å². The van der Waals surface area contributed by atoms with Crippen LogP contribution in [0.2, 0.25) is 0 Å². The molecular weight excluding hydrogens is 328 g/mol. The van der Waals surface area contributed by atoms with Gasteiger partial charge in [0.1, 0.15) is 0 Å². The Morgan fingerprint density at radius 1 is 1.25 bits per heavy atom. The predicted molar refractivity (Wildman–Crippen MR) is 87.6 cm³/mol. The minimum Gasteiger partial charge on any atom is -0.454 e. The Labute approximate surface area is 142 Å². The number of Topliss-reactive ketones (excluding diaryl/α,β-unsaturated/α-hetero) is 1. The number of nitriles is 1. The number of esters is 1. The summed E-state index contributed by atoms with van der Waals surface area (Å²) < 4.78 is 4.99. The van der Waals surface area contributed by atoms with Crippen LogP contribution in [0.5, 0.6) is 0 Å². The Bertz CT molecular complexity index is 820. The largest absolute Gasteiger partial charge is 0.454 e. The summed E-state index contributed by atoms with van der Waals surface area (Å²) >= 11 is 1.24. The van der Waals surface area contributed by atoms with Gasteiger partial charge in [0.2, 0.25) is 11.7 Å². The van der Waals surface area contributed by atoms with Crippen molar-refractivity contribution < 1.29 is 19.1 Å². The molecule has 0 saturated carbocycles. The van der Waals surface area contributed by atoms with Gasteiger partial charge in [0.05, 0.1) is 28.6 Å². The molecule has 24 heavy (non-hydrogen) atoms. The number of carbonyl (C=O) groups is 3. The zero-order chi connectivity index (χ0) is 17.5. The van der Waals surface area contributed by atoms with E-state index in [9.17, 15) is 14.4 Å². The van der Waals surface area contributed by atoms with Gasteiger partial charge in [-0.3, -0.25) is 9.59 Å². The van der Waals surface area contributed by atoms with Crippen molar-refractivity contribution in [3.05, 3.63) is 57.3 Å². The number of ketones is 1. The average molecular weight is 342 g/mol. The highest BCUT2D eigenvalue weighted by atomic mass is 32.1. The third-order valence-electron chi connectivity index (χ3n) is 3.01. The lowest BCUT2D eigenvalue weighted by Crippen LogP contribution is -2.18. The number of thiophene rings is 1. The molecule has 1 heterocycles. The zero-order valence-electron chi connectivity index (χ0n) is 12.9. The van der Waals surface area contributed by atoms with E-state index in [1.165, 1.54) is 30.4 Å². The Kier molecular flexibility index (Phi) is 5.82. The maximum absolute atomic E-state index is 12.0. The summed E-state index contributed by atoms with van der Waals surface area (Å²) in [6.45, 7) is 1.39. The van der Waals surface area contributed by atoms with E-state index in [-0.39, 0.29) is 23.9 Å². The third-order valence-corrected chi connectivity index (χ3v) is 4.14. The molecule has 0 spiro atoms. The summed E-state index contributed by atoms with van der Waals surface area (Å²) in [7, 11) is 0. The van der Waals surface area contributed by atoms with Crippen molar-refractivity contribution in [2.45, 2.75) is 13.5 Å². The summed E-state index contributed by atoms with van der Waals surface area (Å²) in [5, 5.41) is 11.5. The Hall–Kier alpha value is -2.98. The SMILES string of the molecule is CC(=O)NCc1ccc(C(=O)COC(=O)c2cccc(C#N)c2)s1. The first-order valence-electron chi connectivity index (χ1n) is 7.03. The molecule has 0 aliphatic carbocycles. The van der Waals surface area contributed by atoms with Gasteiger partial charge in [-0.1, -0.05) is 6.07 Å². The van der Waals surface area contributed by atoms with Gasteiger partial charge in [0.15, 0.2) is 6.61 Å². The number of amides is 1. The number of nitrogens with zero attached hydrogens (tertiary/aromatic N) is 1. The predicted octanol–water partition coefficient (Wildman–Crippen LogP) is 2.30. The minimum absolute atomic E-state index is 0.148. The van der Waals surface area contributed by atoms with E-state index in [2.05, 4.69) is 5.32 Å². The molecule has 2 aromatic rings. The van der Waals surface area contributed by atoms with Crippen LogP contribution < -0.4 is 5.32 Å². The molecule has 0 radical (unpaired) electrons. The van der Waals surface area contributed by atoms with Crippen LogP contribution >= 0.6 is 11.3 Å². The molecule has 7 heteroatoms. The second-order valence-corrected chi connectivity index (χ2v) is 6.04. The standard InChI is InChI=1S/C17H14N2O4S/c1-11(20)19-9-14-5-6-16(24-14)15(21)10-23-17(22)13-4-2-3-12(7-13)8-18/h2-7H,9-10H2,1H3,(H,19,20). The smallest absolute Gasteiger partial charge is 0.338 e. The van der Waals surface area contributed by atoms with Gasteiger partial charge >= 0.3 is 5.97 Å². The van der Waals surface area contributed by atoms with Gasteiger partial charge in [-0.05, 0) is 30.3 Å². The van der Waals surface area contributed by atoms with Gasteiger partial charge in [0, 0.05) is 11.8 Å². The highest BCUT2D eigenvalue weighted by Crippen LogP contribution is 2.17. The highest BCUT2D eigenvalue weighted by Gasteiger charge is 2.14. The van der Waals surface area contributed by atoms with Crippen molar-refractivity contribution in [3.8, 4) is 6.07 Å². The number of benzene rings is 1. The van der Waals surface area contributed by atoms with Gasteiger partial charge in [-0.15, -0.1) is 11.3 Å². The lowest BCUT2D eigenvalue weighted by atomic mass is 10.1. The molecule has 0 fully saturated rings. The molecule has 0 aliphatic heterocycles. The van der Waals surface area contributed by atoms with E-state index in [0.29, 0.717) is 17.0 Å². The van der Waals surface area contributed by atoms with Crippen LogP contribution in [0.4, 0.5) is 0 Å². The topological polar surface area (TPSA) is 96.3 Å². The van der Waals surface area contributed by atoms with Crippen LogP contribution in [0.3, 0.4) is 0 Å². The van der Waals surface area contributed by atoms with Gasteiger partial charge < -0.3 is 10.1 Å². The highest BCUT2D eigenvalue weighted by molar-refractivity contribution is 7.14. The maximum atomic E-state index is 12.0. The normalized spacial score (nSPS) is 9.83. The molecule has 1 aromatic heterocycles. The molecule has 122 valence electrons. The van der Waals surface area contributed by atoms with Gasteiger partial charge in [-0.2, -0.15) is 5.26 Å². The fraction of sp³-hybridized carbons (Fsp3) is 0.176. The Morgan fingerprint density at radius 2 is 2.04 bits per heavy atom. The van der Waals surface area contributed by atoms with Crippen LogP contribution in [-0.2, 0) is 16.1 Å². The van der Waals surface area contributed by atoms with Crippen LogP contribution in [0.15, 0.2) is 36.4 Å². The summed E-state index contributed by atoms with van der Waals surface area (Å²) in [5.74, 6) is -1.13. The van der Waals surface area contributed by atoms with Gasteiger partial charge in [0.25, 0.3) is 0 Å². The van der Waals surface area contributed by atoms with Crippen LogP contribution in [-0.4, -0.2) is 24.3 Å². The molecule has 6 nitrogen and oxygen atoms in total. The number of carbonyl (C=O) groups excluding carboxylic acids is 3. The first kappa shape index (κ1) is 17.4. The quantitative estimate of drug-likeness (QED) is 0.642. The number of nitrogens with one attached hydrogen (secondary N) is 1. The maximum Gasteiger partial charge on any atom is 0.338 e. The van der Waals surface area contributed by atoms with E-state index in [1.807, 2.05) is 6.07 Å². The fourth-order valence-electron chi connectivity index (χ4n) is 1.84. The van der Waals surface area contributed by atoms with E-state index in [4.69, 9.17) is 10.00 Å². The van der Waals surface area contributed by atoms with Gasteiger partial charge in [-0.25, -0.2) is 4.79 Å². The number of ether oxygens (including phenoxy) is 1.